The zero-order valence-electron chi connectivity index (χ0n) is 9.18. The Balaban J connectivity index is 3.31. The number of hydrogen-bond acceptors (Lipinski definition) is 0. The summed E-state index contributed by atoms with van der Waals surface area (Å²) in [4.78, 5) is 0. The predicted molar refractivity (Wildman–Crippen MR) is 59.9 cm³/mol. The summed E-state index contributed by atoms with van der Waals surface area (Å²) in [6.45, 7) is 2.80. The Hall–Kier alpha value is -1.51. The molecule has 0 atom stereocenters. The summed E-state index contributed by atoms with van der Waals surface area (Å²) in [5.74, 6) is 0. The molecule has 0 saturated heterocycles. The number of allylic oxidation sites excluding steroid dienone is 4. The predicted octanol–water partition coefficient (Wildman–Crippen LogP) is 4.60. The fourth-order valence-electron chi connectivity index (χ4n) is 1.37. The van der Waals surface area contributed by atoms with Gasteiger partial charge in [0, 0.05) is 5.57 Å². The van der Waals surface area contributed by atoms with Crippen LogP contribution in [0.4, 0.5) is 13.2 Å². The van der Waals surface area contributed by atoms with Crippen LogP contribution in [0.1, 0.15) is 19.4 Å². The molecule has 1 rings (SSSR count). The van der Waals surface area contributed by atoms with Crippen molar-refractivity contribution in [1.82, 2.24) is 0 Å². The molecule has 0 aliphatic rings. The number of rotatable bonds is 2. The second-order valence-electron chi connectivity index (χ2n) is 3.40. The number of alkyl halides is 3. The normalized spacial score (nSPS) is 14.1. The van der Waals surface area contributed by atoms with E-state index in [1.54, 1.807) is 43.3 Å². The first-order chi connectivity index (χ1) is 7.46. The van der Waals surface area contributed by atoms with E-state index in [9.17, 15) is 13.2 Å². The second kappa shape index (κ2) is 5.01. The molecule has 0 amide bonds. The zero-order chi connectivity index (χ0) is 12.2. The molecule has 1 aromatic rings. The van der Waals surface area contributed by atoms with Crippen molar-refractivity contribution >= 4 is 5.57 Å². The van der Waals surface area contributed by atoms with Gasteiger partial charge in [0.15, 0.2) is 0 Å². The van der Waals surface area contributed by atoms with Crippen molar-refractivity contribution in [2.24, 2.45) is 0 Å². The molecule has 0 nitrogen and oxygen atoms in total. The number of benzene rings is 1. The molecule has 86 valence electrons. The van der Waals surface area contributed by atoms with Crippen LogP contribution in [-0.2, 0) is 0 Å². The smallest absolute Gasteiger partial charge is 0.166 e. The van der Waals surface area contributed by atoms with Crippen LogP contribution in [0.15, 0.2) is 48.1 Å². The summed E-state index contributed by atoms with van der Waals surface area (Å²) < 4.78 is 37.8. The van der Waals surface area contributed by atoms with E-state index < -0.39 is 11.7 Å². The topological polar surface area (TPSA) is 0 Å². The Labute approximate surface area is 93.1 Å². The molecular formula is C13H13F3. The van der Waals surface area contributed by atoms with Gasteiger partial charge in [0.1, 0.15) is 0 Å². The van der Waals surface area contributed by atoms with Gasteiger partial charge in [-0.1, -0.05) is 42.5 Å². The molecule has 0 aliphatic carbocycles. The van der Waals surface area contributed by atoms with E-state index >= 15 is 0 Å². The molecule has 0 aromatic heterocycles. The highest BCUT2D eigenvalue weighted by atomic mass is 19.4. The summed E-state index contributed by atoms with van der Waals surface area (Å²) >= 11 is 0. The maximum Gasteiger partial charge on any atom is 0.413 e. The monoisotopic (exact) mass is 226 g/mol. The van der Waals surface area contributed by atoms with Gasteiger partial charge in [-0.15, -0.1) is 0 Å². The van der Waals surface area contributed by atoms with E-state index in [1.807, 2.05) is 0 Å². The third-order valence-corrected chi connectivity index (χ3v) is 2.25. The van der Waals surface area contributed by atoms with Crippen LogP contribution in [0.25, 0.3) is 5.57 Å². The van der Waals surface area contributed by atoms with Crippen LogP contribution in [-0.4, -0.2) is 6.18 Å². The van der Waals surface area contributed by atoms with Gasteiger partial charge in [-0.3, -0.25) is 0 Å². The van der Waals surface area contributed by atoms with Gasteiger partial charge in [-0.25, -0.2) is 0 Å². The Kier molecular flexibility index (Phi) is 3.93. The first kappa shape index (κ1) is 12.6. The van der Waals surface area contributed by atoms with E-state index in [0.717, 1.165) is 6.92 Å². The SMILES string of the molecule is C/C=C\C(=C(/C)C(F)(F)F)c1ccccc1. The maximum atomic E-state index is 12.6. The van der Waals surface area contributed by atoms with Crippen LogP contribution < -0.4 is 0 Å². The van der Waals surface area contributed by atoms with Gasteiger partial charge < -0.3 is 0 Å². The van der Waals surface area contributed by atoms with Crippen molar-refractivity contribution in [2.75, 3.05) is 0 Å². The Bertz CT molecular complexity index is 397. The van der Waals surface area contributed by atoms with Crippen molar-refractivity contribution in [1.29, 1.82) is 0 Å². The lowest BCUT2D eigenvalue weighted by molar-refractivity contribution is -0.0906. The van der Waals surface area contributed by atoms with Crippen molar-refractivity contribution in [3.8, 4) is 0 Å². The molecule has 0 saturated carbocycles. The Morgan fingerprint density at radius 1 is 1.12 bits per heavy atom. The van der Waals surface area contributed by atoms with Crippen LogP contribution in [0.3, 0.4) is 0 Å². The van der Waals surface area contributed by atoms with Gasteiger partial charge in [0.05, 0.1) is 0 Å². The van der Waals surface area contributed by atoms with Crippen molar-refractivity contribution in [2.45, 2.75) is 20.0 Å². The van der Waals surface area contributed by atoms with Gasteiger partial charge >= 0.3 is 6.18 Å². The number of hydrogen-bond donors (Lipinski definition) is 0. The van der Waals surface area contributed by atoms with Crippen molar-refractivity contribution in [3.05, 3.63) is 53.6 Å². The summed E-state index contributed by atoms with van der Waals surface area (Å²) in [6, 6.07) is 8.57. The molecule has 0 spiro atoms. The lowest BCUT2D eigenvalue weighted by Crippen LogP contribution is -2.10. The molecule has 0 aliphatic heterocycles. The molecular weight excluding hydrogens is 213 g/mol. The second-order valence-corrected chi connectivity index (χ2v) is 3.40. The summed E-state index contributed by atoms with van der Waals surface area (Å²) in [7, 11) is 0. The first-order valence-corrected chi connectivity index (χ1v) is 4.93. The minimum atomic E-state index is -4.29. The molecule has 0 N–H and O–H groups in total. The van der Waals surface area contributed by atoms with E-state index in [-0.39, 0.29) is 5.57 Å². The fourth-order valence-corrected chi connectivity index (χ4v) is 1.37. The molecule has 0 fully saturated rings. The van der Waals surface area contributed by atoms with E-state index in [4.69, 9.17) is 0 Å². The van der Waals surface area contributed by atoms with Gasteiger partial charge in [-0.2, -0.15) is 13.2 Å². The molecule has 0 unspecified atom stereocenters. The van der Waals surface area contributed by atoms with Crippen LogP contribution in [0, 0.1) is 0 Å². The molecule has 16 heavy (non-hydrogen) atoms. The molecule has 0 heterocycles. The highest BCUT2D eigenvalue weighted by Gasteiger charge is 2.32. The quantitative estimate of drug-likeness (QED) is 0.646. The standard InChI is InChI=1S/C13H13F3/c1-3-7-12(10(2)13(14,15)16)11-8-5-4-6-9-11/h3-9H,1-2H3/b7-3-,12-10-. The van der Waals surface area contributed by atoms with Crippen molar-refractivity contribution < 1.29 is 13.2 Å². The maximum absolute atomic E-state index is 12.6. The molecule has 0 radical (unpaired) electrons. The Morgan fingerprint density at radius 2 is 1.69 bits per heavy atom. The Morgan fingerprint density at radius 3 is 2.12 bits per heavy atom. The molecule has 1 aromatic carbocycles. The zero-order valence-corrected chi connectivity index (χ0v) is 9.18. The number of halogens is 3. The fraction of sp³-hybridized carbons (Fsp3) is 0.231. The molecule has 3 heteroatoms. The van der Waals surface area contributed by atoms with Crippen LogP contribution >= 0.6 is 0 Å². The highest BCUT2D eigenvalue weighted by Crippen LogP contribution is 2.32. The van der Waals surface area contributed by atoms with E-state index in [0.29, 0.717) is 5.56 Å². The summed E-state index contributed by atoms with van der Waals surface area (Å²) in [6.07, 6.45) is -1.19. The van der Waals surface area contributed by atoms with Gasteiger partial charge in [0.25, 0.3) is 0 Å². The largest absolute Gasteiger partial charge is 0.413 e. The average molecular weight is 226 g/mol. The average Bonchev–Trinajstić information content (AvgIpc) is 2.25. The van der Waals surface area contributed by atoms with Crippen LogP contribution in [0.5, 0.6) is 0 Å². The third-order valence-electron chi connectivity index (χ3n) is 2.25. The molecule has 0 bridgehead atoms. The van der Waals surface area contributed by atoms with E-state index in [1.165, 1.54) is 6.08 Å². The first-order valence-electron chi connectivity index (χ1n) is 4.93. The lowest BCUT2D eigenvalue weighted by Gasteiger charge is -2.12. The van der Waals surface area contributed by atoms with Gasteiger partial charge in [0.2, 0.25) is 0 Å². The lowest BCUT2D eigenvalue weighted by atomic mass is 10.00. The van der Waals surface area contributed by atoms with E-state index in [2.05, 4.69) is 0 Å². The van der Waals surface area contributed by atoms with Crippen LogP contribution in [0.2, 0.25) is 0 Å². The van der Waals surface area contributed by atoms with Gasteiger partial charge in [-0.05, 0) is 25.0 Å². The minimum absolute atomic E-state index is 0.218. The summed E-state index contributed by atoms with van der Waals surface area (Å²) in [5.41, 5.74) is 0.225. The van der Waals surface area contributed by atoms with Crippen molar-refractivity contribution in [3.63, 3.8) is 0 Å². The summed E-state index contributed by atoms with van der Waals surface area (Å²) in [5, 5.41) is 0. The highest BCUT2D eigenvalue weighted by molar-refractivity contribution is 5.77. The third kappa shape index (κ3) is 2.99. The minimum Gasteiger partial charge on any atom is -0.166 e.